The maximum Gasteiger partial charge on any atom is 0.333 e. The molecule has 108 valence electrons. The molecule has 0 fully saturated rings. The van der Waals surface area contributed by atoms with Crippen molar-refractivity contribution in [3.05, 3.63) is 47.8 Å². The van der Waals surface area contributed by atoms with E-state index in [0.717, 1.165) is 15.9 Å². The molecule has 0 saturated heterocycles. The lowest BCUT2D eigenvalue weighted by atomic mass is 10.2. The van der Waals surface area contributed by atoms with Crippen LogP contribution in [0, 0.1) is 0 Å². The maximum atomic E-state index is 12.6. The molecule has 0 spiro atoms. The van der Waals surface area contributed by atoms with Gasteiger partial charge in [-0.1, -0.05) is 12.1 Å². The van der Waals surface area contributed by atoms with Gasteiger partial charge in [0.05, 0.1) is 5.69 Å². The van der Waals surface area contributed by atoms with E-state index < -0.39 is 6.55 Å². The van der Waals surface area contributed by atoms with Gasteiger partial charge in [-0.25, -0.2) is 4.68 Å². The Labute approximate surface area is 117 Å². The van der Waals surface area contributed by atoms with Crippen LogP contribution in [0.15, 0.2) is 36.5 Å². The molecule has 1 aromatic carbocycles. The third-order valence-corrected chi connectivity index (χ3v) is 3.03. The molecule has 0 aliphatic rings. The fourth-order valence-corrected chi connectivity index (χ4v) is 1.90. The molecule has 0 unspecified atom stereocenters. The van der Waals surface area contributed by atoms with Crippen LogP contribution in [0.3, 0.4) is 0 Å². The van der Waals surface area contributed by atoms with Gasteiger partial charge in [-0.15, -0.1) is 0 Å². The lowest BCUT2D eigenvalue weighted by molar-refractivity contribution is 0.0531. The summed E-state index contributed by atoms with van der Waals surface area (Å²) in [6.07, 6.45) is 1.38. The highest BCUT2D eigenvalue weighted by Gasteiger charge is 2.10. The highest BCUT2D eigenvalue weighted by Crippen LogP contribution is 2.13. The van der Waals surface area contributed by atoms with Crippen molar-refractivity contribution in [3.8, 4) is 0 Å². The molecule has 0 amide bonds. The first-order valence-electron chi connectivity index (χ1n) is 6.35. The van der Waals surface area contributed by atoms with Crippen LogP contribution in [-0.4, -0.2) is 23.9 Å². The Bertz CT molecular complexity index is 534. The lowest BCUT2D eigenvalue weighted by Crippen LogP contribution is -2.17. The van der Waals surface area contributed by atoms with Crippen molar-refractivity contribution in [3.63, 3.8) is 0 Å². The largest absolute Gasteiger partial charge is 0.378 e. The second-order valence-corrected chi connectivity index (χ2v) is 4.71. The predicted octanol–water partition coefficient (Wildman–Crippen LogP) is 2.63. The normalized spacial score (nSPS) is 11.1. The van der Waals surface area contributed by atoms with E-state index in [9.17, 15) is 8.78 Å². The molecule has 20 heavy (non-hydrogen) atoms. The summed E-state index contributed by atoms with van der Waals surface area (Å²) in [5.41, 5.74) is 2.72. The molecule has 2 aromatic rings. The highest BCUT2D eigenvalue weighted by molar-refractivity contribution is 5.45. The molecular weight excluding hydrogens is 262 g/mol. The van der Waals surface area contributed by atoms with E-state index in [4.69, 9.17) is 0 Å². The van der Waals surface area contributed by atoms with Gasteiger partial charge in [-0.3, -0.25) is 0 Å². The Morgan fingerprint density at radius 2 is 1.85 bits per heavy atom. The summed E-state index contributed by atoms with van der Waals surface area (Å²) in [6.45, 7) is -1.61. The molecule has 0 aliphatic heterocycles. The first kappa shape index (κ1) is 14.5. The molecule has 1 aromatic heterocycles. The number of nitrogens with zero attached hydrogens (tertiary/aromatic N) is 3. The average molecular weight is 280 g/mol. The third-order valence-electron chi connectivity index (χ3n) is 3.03. The molecule has 0 atom stereocenters. The van der Waals surface area contributed by atoms with E-state index in [-0.39, 0.29) is 0 Å². The summed E-state index contributed by atoms with van der Waals surface area (Å²) >= 11 is 0. The number of benzene rings is 1. The summed E-state index contributed by atoms with van der Waals surface area (Å²) in [6, 6.07) is 9.69. The number of aromatic nitrogens is 2. The lowest BCUT2D eigenvalue weighted by Gasteiger charge is -2.13. The Balaban J connectivity index is 1.88. The van der Waals surface area contributed by atoms with Gasteiger partial charge in [0.1, 0.15) is 0 Å². The number of hydrogen-bond acceptors (Lipinski definition) is 3. The number of alkyl halides is 2. The van der Waals surface area contributed by atoms with E-state index in [1.165, 1.54) is 6.20 Å². The molecule has 0 aliphatic carbocycles. The van der Waals surface area contributed by atoms with Gasteiger partial charge < -0.3 is 10.2 Å². The first-order chi connectivity index (χ1) is 9.58. The SMILES string of the molecule is CN(C)c1ccc(CNCc2ccnn2C(F)F)cc1. The fraction of sp³-hybridized carbons (Fsp3) is 0.357. The minimum absolute atomic E-state index is 0.361. The second-order valence-electron chi connectivity index (χ2n) is 4.71. The summed E-state index contributed by atoms with van der Waals surface area (Å²) in [7, 11) is 3.97. The standard InChI is InChI=1S/C14H18F2N4/c1-19(2)12-5-3-11(4-6-12)9-17-10-13-7-8-18-20(13)14(15)16/h3-8,14,17H,9-10H2,1-2H3. The number of hydrogen-bond donors (Lipinski definition) is 1. The fourth-order valence-electron chi connectivity index (χ4n) is 1.90. The second kappa shape index (κ2) is 6.47. The Hall–Kier alpha value is -1.95. The average Bonchev–Trinajstić information content (AvgIpc) is 2.88. The minimum Gasteiger partial charge on any atom is -0.378 e. The number of nitrogens with one attached hydrogen (secondary N) is 1. The van der Waals surface area contributed by atoms with Crippen LogP contribution < -0.4 is 10.2 Å². The van der Waals surface area contributed by atoms with Gasteiger partial charge in [-0.2, -0.15) is 13.9 Å². The van der Waals surface area contributed by atoms with Gasteiger partial charge in [0.15, 0.2) is 0 Å². The van der Waals surface area contributed by atoms with Crippen LogP contribution in [0.25, 0.3) is 0 Å². The third kappa shape index (κ3) is 3.54. The van der Waals surface area contributed by atoms with Gasteiger partial charge in [0, 0.05) is 39.1 Å². The molecule has 4 nitrogen and oxygen atoms in total. The van der Waals surface area contributed by atoms with E-state index in [1.807, 2.05) is 43.3 Å². The van der Waals surface area contributed by atoms with E-state index in [1.54, 1.807) is 6.07 Å². The van der Waals surface area contributed by atoms with E-state index in [0.29, 0.717) is 18.8 Å². The Kier molecular flexibility index (Phi) is 4.68. The summed E-state index contributed by atoms with van der Waals surface area (Å²) in [4.78, 5) is 2.03. The molecule has 6 heteroatoms. The van der Waals surface area contributed by atoms with Crippen molar-refractivity contribution < 1.29 is 8.78 Å². The molecule has 0 bridgehead atoms. The first-order valence-corrected chi connectivity index (χ1v) is 6.35. The van der Waals surface area contributed by atoms with Crippen LogP contribution in [0.1, 0.15) is 17.8 Å². The van der Waals surface area contributed by atoms with Crippen LogP contribution >= 0.6 is 0 Å². The Morgan fingerprint density at radius 3 is 2.45 bits per heavy atom. The molecule has 2 rings (SSSR count). The van der Waals surface area contributed by atoms with Crippen molar-refractivity contribution in [1.29, 1.82) is 0 Å². The van der Waals surface area contributed by atoms with Crippen LogP contribution in [0.4, 0.5) is 14.5 Å². The zero-order valence-corrected chi connectivity index (χ0v) is 11.6. The van der Waals surface area contributed by atoms with Crippen molar-refractivity contribution in [1.82, 2.24) is 15.1 Å². The number of halogens is 2. The monoisotopic (exact) mass is 280 g/mol. The predicted molar refractivity (Wildman–Crippen MR) is 74.8 cm³/mol. The van der Waals surface area contributed by atoms with Crippen molar-refractivity contribution in [2.45, 2.75) is 19.6 Å². The topological polar surface area (TPSA) is 33.1 Å². The van der Waals surface area contributed by atoms with Gasteiger partial charge in [-0.05, 0) is 23.8 Å². The van der Waals surface area contributed by atoms with Crippen molar-refractivity contribution >= 4 is 5.69 Å². The molecule has 0 radical (unpaired) electrons. The zero-order chi connectivity index (χ0) is 14.5. The number of anilines is 1. The van der Waals surface area contributed by atoms with Gasteiger partial charge >= 0.3 is 6.55 Å². The van der Waals surface area contributed by atoms with Gasteiger partial charge in [0.25, 0.3) is 0 Å². The summed E-state index contributed by atoms with van der Waals surface area (Å²) in [5.74, 6) is 0. The summed E-state index contributed by atoms with van der Waals surface area (Å²) < 4.78 is 25.9. The number of rotatable bonds is 6. The smallest absolute Gasteiger partial charge is 0.333 e. The van der Waals surface area contributed by atoms with Gasteiger partial charge in [0.2, 0.25) is 0 Å². The Morgan fingerprint density at radius 1 is 1.15 bits per heavy atom. The molecule has 0 saturated carbocycles. The van der Waals surface area contributed by atoms with Crippen molar-refractivity contribution in [2.75, 3.05) is 19.0 Å². The molecule has 1 N–H and O–H groups in total. The van der Waals surface area contributed by atoms with Crippen LogP contribution in [-0.2, 0) is 13.1 Å². The quantitative estimate of drug-likeness (QED) is 0.883. The maximum absolute atomic E-state index is 12.6. The van der Waals surface area contributed by atoms with E-state index >= 15 is 0 Å². The summed E-state index contributed by atoms with van der Waals surface area (Å²) in [5, 5.41) is 6.73. The highest BCUT2D eigenvalue weighted by atomic mass is 19.3. The van der Waals surface area contributed by atoms with Crippen molar-refractivity contribution in [2.24, 2.45) is 0 Å². The molecule has 1 heterocycles. The molecular formula is C14H18F2N4. The van der Waals surface area contributed by atoms with Crippen LogP contribution in [0.5, 0.6) is 0 Å². The minimum atomic E-state index is -2.60. The van der Waals surface area contributed by atoms with E-state index in [2.05, 4.69) is 10.4 Å². The zero-order valence-electron chi connectivity index (χ0n) is 11.6. The van der Waals surface area contributed by atoms with Crippen LogP contribution in [0.2, 0.25) is 0 Å².